The van der Waals surface area contributed by atoms with Crippen LogP contribution in [0.2, 0.25) is 0 Å². The maximum Gasteiger partial charge on any atom is 0.211 e. The summed E-state index contributed by atoms with van der Waals surface area (Å²) in [6.45, 7) is 0. The van der Waals surface area contributed by atoms with E-state index in [4.69, 9.17) is 0 Å². The Bertz CT molecular complexity index is 514. The Balaban J connectivity index is 2.26. The molecule has 0 unspecified atom stereocenters. The smallest absolute Gasteiger partial charge is 0.211 e. The van der Waals surface area contributed by atoms with Gasteiger partial charge in [0, 0.05) is 12.0 Å². The van der Waals surface area contributed by atoms with Crippen LogP contribution in [-0.4, -0.2) is 15.8 Å². The van der Waals surface area contributed by atoms with Gasteiger partial charge in [0.25, 0.3) is 0 Å². The van der Waals surface area contributed by atoms with E-state index in [1.54, 1.807) is 6.33 Å². The number of H-pyrrole nitrogens is 1. The lowest BCUT2D eigenvalue weighted by Crippen LogP contribution is -2.14. The molecule has 0 radical (unpaired) electrons. The first-order valence-electron chi connectivity index (χ1n) is 4.51. The molecule has 0 aliphatic heterocycles. The average Bonchev–Trinajstić information content (AvgIpc) is 2.66. The average molecular weight is 184 g/mol. The molecule has 2 aromatic rings. The van der Waals surface area contributed by atoms with Crippen LogP contribution in [0.4, 0.5) is 0 Å². The first kappa shape index (κ1) is 7.50. The third-order valence-electron chi connectivity index (χ3n) is 2.56. The van der Waals surface area contributed by atoms with Crippen molar-refractivity contribution in [3.63, 3.8) is 0 Å². The highest BCUT2D eigenvalue weighted by atomic mass is 16.1. The van der Waals surface area contributed by atoms with Crippen LogP contribution < -0.4 is 0 Å². The first-order chi connectivity index (χ1) is 6.86. The maximum absolute atomic E-state index is 11.9. The van der Waals surface area contributed by atoms with E-state index >= 15 is 0 Å². The summed E-state index contributed by atoms with van der Waals surface area (Å²) in [5.41, 5.74) is 3.36. The highest BCUT2D eigenvalue weighted by Crippen LogP contribution is 2.23. The van der Waals surface area contributed by atoms with Gasteiger partial charge in [0.15, 0.2) is 0 Å². The molecule has 14 heavy (non-hydrogen) atoms. The molecule has 1 aromatic heterocycles. The first-order valence-corrected chi connectivity index (χ1v) is 4.51. The summed E-state index contributed by atoms with van der Waals surface area (Å²) in [5, 5.41) is 0. The predicted octanol–water partition coefficient (Wildman–Crippen LogP) is 1.54. The second kappa shape index (κ2) is 2.54. The minimum atomic E-state index is 0.0550. The summed E-state index contributed by atoms with van der Waals surface area (Å²) in [7, 11) is 0. The van der Waals surface area contributed by atoms with Crippen molar-refractivity contribution in [2.24, 2.45) is 0 Å². The lowest BCUT2D eigenvalue weighted by molar-refractivity contribution is 0.103. The number of fused-ring (bicyclic) bond motifs is 2. The Kier molecular flexibility index (Phi) is 1.36. The molecule has 0 amide bonds. The van der Waals surface area contributed by atoms with Crippen molar-refractivity contribution in [2.75, 3.05) is 0 Å². The van der Waals surface area contributed by atoms with Crippen molar-refractivity contribution in [2.45, 2.75) is 6.42 Å². The van der Waals surface area contributed by atoms with Gasteiger partial charge in [-0.1, -0.05) is 24.3 Å². The molecule has 0 saturated heterocycles. The molecule has 0 bridgehead atoms. The zero-order valence-corrected chi connectivity index (χ0v) is 7.45. The van der Waals surface area contributed by atoms with Crippen molar-refractivity contribution in [3.8, 4) is 0 Å². The Hall–Kier alpha value is -1.90. The molecule has 0 atom stereocenters. The van der Waals surface area contributed by atoms with Crippen LogP contribution >= 0.6 is 0 Å². The van der Waals surface area contributed by atoms with Crippen molar-refractivity contribution >= 4 is 5.78 Å². The number of carbonyl (C=O) groups excluding carboxylic acids is 1. The molecule has 1 aliphatic rings. The molecule has 1 aliphatic carbocycles. The van der Waals surface area contributed by atoms with Crippen LogP contribution in [0.25, 0.3) is 0 Å². The Morgan fingerprint density at radius 3 is 3.07 bits per heavy atom. The van der Waals surface area contributed by atoms with E-state index in [-0.39, 0.29) is 5.78 Å². The number of nitrogens with zero attached hydrogens (tertiary/aromatic N) is 1. The normalized spacial score (nSPS) is 13.6. The standard InChI is InChI=1S/C11H8N2O/c14-11-8-4-2-1-3-7(8)5-9-10(11)13-6-12-9/h1-4,6H,5H2,(H,12,13). The van der Waals surface area contributed by atoms with Gasteiger partial charge >= 0.3 is 0 Å². The second-order valence-corrected chi connectivity index (χ2v) is 3.39. The Morgan fingerprint density at radius 2 is 2.14 bits per heavy atom. The van der Waals surface area contributed by atoms with E-state index in [1.807, 2.05) is 24.3 Å². The van der Waals surface area contributed by atoms with Gasteiger partial charge in [-0.2, -0.15) is 0 Å². The molecule has 0 saturated carbocycles. The van der Waals surface area contributed by atoms with Gasteiger partial charge in [0.2, 0.25) is 5.78 Å². The van der Waals surface area contributed by atoms with Crippen LogP contribution in [-0.2, 0) is 6.42 Å². The largest absolute Gasteiger partial charge is 0.342 e. The van der Waals surface area contributed by atoms with E-state index in [2.05, 4.69) is 9.97 Å². The summed E-state index contributed by atoms with van der Waals surface area (Å²) in [5.74, 6) is 0.0550. The quantitative estimate of drug-likeness (QED) is 0.576. The van der Waals surface area contributed by atoms with E-state index < -0.39 is 0 Å². The van der Waals surface area contributed by atoms with Gasteiger partial charge in [0.1, 0.15) is 5.69 Å². The van der Waals surface area contributed by atoms with Crippen LogP contribution in [0.1, 0.15) is 27.3 Å². The number of carbonyl (C=O) groups is 1. The van der Waals surface area contributed by atoms with Crippen molar-refractivity contribution in [1.82, 2.24) is 9.97 Å². The molecule has 0 fully saturated rings. The summed E-state index contributed by atoms with van der Waals surface area (Å²) in [6.07, 6.45) is 2.33. The number of aromatic amines is 1. The maximum atomic E-state index is 11.9. The third-order valence-corrected chi connectivity index (χ3v) is 2.56. The zero-order valence-electron chi connectivity index (χ0n) is 7.45. The van der Waals surface area contributed by atoms with Crippen LogP contribution in [0.15, 0.2) is 30.6 Å². The van der Waals surface area contributed by atoms with E-state index in [1.165, 1.54) is 0 Å². The van der Waals surface area contributed by atoms with Crippen molar-refractivity contribution < 1.29 is 4.79 Å². The SMILES string of the molecule is O=C1c2ccccc2Cc2nc[nH]c21. The number of hydrogen-bond donors (Lipinski definition) is 1. The highest BCUT2D eigenvalue weighted by molar-refractivity contribution is 6.10. The van der Waals surface area contributed by atoms with E-state index in [0.29, 0.717) is 5.69 Å². The number of hydrogen-bond acceptors (Lipinski definition) is 2. The van der Waals surface area contributed by atoms with Crippen LogP contribution in [0.3, 0.4) is 0 Å². The van der Waals surface area contributed by atoms with Gasteiger partial charge in [-0.3, -0.25) is 4.79 Å². The molecule has 1 N–H and O–H groups in total. The van der Waals surface area contributed by atoms with Crippen molar-refractivity contribution in [3.05, 3.63) is 53.1 Å². The van der Waals surface area contributed by atoms with Gasteiger partial charge in [-0.05, 0) is 5.56 Å². The number of nitrogens with one attached hydrogen (secondary N) is 1. The Morgan fingerprint density at radius 1 is 1.29 bits per heavy atom. The molecular weight excluding hydrogens is 176 g/mol. The zero-order chi connectivity index (χ0) is 9.54. The molecular formula is C11H8N2O. The van der Waals surface area contributed by atoms with Crippen LogP contribution in [0.5, 0.6) is 0 Å². The Labute approximate surface area is 80.8 Å². The minimum Gasteiger partial charge on any atom is -0.342 e. The van der Waals surface area contributed by atoms with Crippen LogP contribution in [0, 0.1) is 0 Å². The molecule has 3 rings (SSSR count). The van der Waals surface area contributed by atoms with Crippen molar-refractivity contribution in [1.29, 1.82) is 0 Å². The number of rotatable bonds is 0. The van der Waals surface area contributed by atoms with Gasteiger partial charge < -0.3 is 4.98 Å². The lowest BCUT2D eigenvalue weighted by Gasteiger charge is -2.13. The topological polar surface area (TPSA) is 45.8 Å². The second-order valence-electron chi connectivity index (χ2n) is 3.39. The molecule has 3 heteroatoms. The predicted molar refractivity (Wildman–Crippen MR) is 51.3 cm³/mol. The number of aromatic nitrogens is 2. The number of benzene rings is 1. The highest BCUT2D eigenvalue weighted by Gasteiger charge is 2.24. The number of imidazole rings is 1. The van der Waals surface area contributed by atoms with E-state index in [9.17, 15) is 4.79 Å². The monoisotopic (exact) mass is 184 g/mol. The fourth-order valence-corrected chi connectivity index (χ4v) is 1.86. The van der Waals surface area contributed by atoms with Gasteiger partial charge in [0.05, 0.1) is 12.0 Å². The molecule has 1 aromatic carbocycles. The summed E-state index contributed by atoms with van der Waals surface area (Å²) >= 11 is 0. The fourth-order valence-electron chi connectivity index (χ4n) is 1.86. The van der Waals surface area contributed by atoms with Gasteiger partial charge in [-0.15, -0.1) is 0 Å². The summed E-state index contributed by atoms with van der Waals surface area (Å²) in [6, 6.07) is 7.67. The van der Waals surface area contributed by atoms with E-state index in [0.717, 1.165) is 23.2 Å². The number of ketones is 1. The third kappa shape index (κ3) is 0.865. The lowest BCUT2D eigenvalue weighted by atomic mass is 9.91. The summed E-state index contributed by atoms with van der Waals surface area (Å²) in [4.78, 5) is 18.9. The summed E-state index contributed by atoms with van der Waals surface area (Å²) < 4.78 is 0. The molecule has 0 spiro atoms. The molecule has 3 nitrogen and oxygen atoms in total. The molecule has 68 valence electrons. The fraction of sp³-hybridized carbons (Fsp3) is 0.0909. The minimum absolute atomic E-state index is 0.0550. The molecule has 1 heterocycles. The van der Waals surface area contributed by atoms with Gasteiger partial charge in [-0.25, -0.2) is 4.98 Å².